The summed E-state index contributed by atoms with van der Waals surface area (Å²) >= 11 is 0. The van der Waals surface area contributed by atoms with E-state index in [4.69, 9.17) is 0 Å². The summed E-state index contributed by atoms with van der Waals surface area (Å²) in [5.41, 5.74) is -0.227. The Balaban J connectivity index is 2.20. The first-order valence-electron chi connectivity index (χ1n) is 5.71. The minimum absolute atomic E-state index is 0.0494. The van der Waals surface area contributed by atoms with Crippen LogP contribution in [-0.4, -0.2) is 19.1 Å². The third-order valence-electron chi connectivity index (χ3n) is 3.07. The first-order valence-corrected chi connectivity index (χ1v) is 5.71. The van der Waals surface area contributed by atoms with E-state index in [0.29, 0.717) is 0 Å². The van der Waals surface area contributed by atoms with Crippen LogP contribution in [0.3, 0.4) is 0 Å². The van der Waals surface area contributed by atoms with Gasteiger partial charge in [-0.05, 0) is 32.9 Å². The fraction of sp³-hybridized carbons (Fsp3) is 0.500. The molecule has 1 saturated heterocycles. The Morgan fingerprint density at radius 3 is 2.47 bits per heavy atom. The van der Waals surface area contributed by atoms with Crippen LogP contribution in [0.25, 0.3) is 0 Å². The molecule has 1 aliphatic rings. The molecule has 0 aliphatic carbocycles. The average Bonchev–Trinajstić information content (AvgIpc) is 2.35. The highest BCUT2D eigenvalue weighted by molar-refractivity contribution is 5.49. The maximum atomic E-state index is 13.7. The van der Waals surface area contributed by atoms with Crippen LogP contribution in [0.1, 0.15) is 18.4 Å². The molecule has 1 fully saturated rings. The Morgan fingerprint density at radius 1 is 1.18 bits per heavy atom. The monoisotopic (exact) mass is 244 g/mol. The van der Waals surface area contributed by atoms with E-state index in [9.17, 15) is 13.2 Å². The van der Waals surface area contributed by atoms with E-state index in [0.717, 1.165) is 32.0 Å². The molecule has 0 bridgehead atoms. The second-order valence-corrected chi connectivity index (χ2v) is 4.33. The van der Waals surface area contributed by atoms with Gasteiger partial charge in [0.15, 0.2) is 17.5 Å². The van der Waals surface area contributed by atoms with Gasteiger partial charge in [-0.2, -0.15) is 0 Å². The number of rotatable bonds is 2. The van der Waals surface area contributed by atoms with E-state index in [2.05, 4.69) is 10.6 Å². The zero-order valence-corrected chi connectivity index (χ0v) is 9.62. The zero-order chi connectivity index (χ0) is 12.4. The Bertz CT molecular complexity index is 415. The number of nitrogens with one attached hydrogen (secondary N) is 2. The first kappa shape index (κ1) is 12.2. The Hall–Kier alpha value is -1.23. The summed E-state index contributed by atoms with van der Waals surface area (Å²) in [6.45, 7) is 2.94. The predicted molar refractivity (Wildman–Crippen MR) is 60.6 cm³/mol. The van der Waals surface area contributed by atoms with E-state index in [-0.39, 0.29) is 17.3 Å². The van der Waals surface area contributed by atoms with Gasteiger partial charge < -0.3 is 10.6 Å². The molecule has 0 radical (unpaired) electrons. The topological polar surface area (TPSA) is 24.1 Å². The minimum Gasteiger partial charge on any atom is -0.380 e. The molecule has 1 aliphatic heterocycles. The lowest BCUT2D eigenvalue weighted by atomic mass is 10.1. The third-order valence-corrected chi connectivity index (χ3v) is 3.07. The fourth-order valence-corrected chi connectivity index (χ4v) is 2.02. The Kier molecular flexibility index (Phi) is 3.57. The number of hydrogen-bond acceptors (Lipinski definition) is 2. The number of hydrogen-bond donors (Lipinski definition) is 2. The molecule has 1 heterocycles. The highest BCUT2D eigenvalue weighted by Gasteiger charge is 2.19. The highest BCUT2D eigenvalue weighted by Crippen LogP contribution is 2.24. The molecule has 2 rings (SSSR count). The van der Waals surface area contributed by atoms with Gasteiger partial charge >= 0.3 is 0 Å². The van der Waals surface area contributed by atoms with E-state index in [1.807, 2.05) is 0 Å². The Labute approximate surface area is 98.2 Å². The molecule has 17 heavy (non-hydrogen) atoms. The van der Waals surface area contributed by atoms with Gasteiger partial charge in [-0.25, -0.2) is 13.2 Å². The van der Waals surface area contributed by atoms with Gasteiger partial charge in [-0.15, -0.1) is 0 Å². The molecule has 2 N–H and O–H groups in total. The van der Waals surface area contributed by atoms with Crippen molar-refractivity contribution in [2.45, 2.75) is 25.8 Å². The van der Waals surface area contributed by atoms with Crippen LogP contribution in [0.15, 0.2) is 6.07 Å². The summed E-state index contributed by atoms with van der Waals surface area (Å²) in [5, 5.41) is 6.12. The molecule has 5 heteroatoms. The molecule has 0 saturated carbocycles. The van der Waals surface area contributed by atoms with Crippen LogP contribution in [0, 0.1) is 24.4 Å². The van der Waals surface area contributed by atoms with Crippen LogP contribution in [0.5, 0.6) is 0 Å². The van der Waals surface area contributed by atoms with Gasteiger partial charge in [-0.3, -0.25) is 0 Å². The first-order chi connectivity index (χ1) is 8.09. The number of anilines is 1. The van der Waals surface area contributed by atoms with Crippen molar-refractivity contribution in [3.63, 3.8) is 0 Å². The normalized spacial score (nSPS) is 17.2. The molecule has 0 atom stereocenters. The summed E-state index contributed by atoms with van der Waals surface area (Å²) in [4.78, 5) is 0. The summed E-state index contributed by atoms with van der Waals surface area (Å²) in [6.07, 6.45) is 1.69. The third kappa shape index (κ3) is 2.54. The van der Waals surface area contributed by atoms with Crippen LogP contribution >= 0.6 is 0 Å². The quantitative estimate of drug-likeness (QED) is 0.781. The standard InChI is InChI=1S/C12H15F3N2/c1-7-11(14)9(13)6-10(12(7)15)17-8-2-4-16-5-3-8/h6,8,16-17H,2-5H2,1H3. The molecule has 2 nitrogen and oxygen atoms in total. The summed E-state index contributed by atoms with van der Waals surface area (Å²) in [6, 6.07) is 0.995. The van der Waals surface area contributed by atoms with Crippen LogP contribution in [-0.2, 0) is 0 Å². The van der Waals surface area contributed by atoms with Gasteiger partial charge in [0.05, 0.1) is 5.69 Å². The highest BCUT2D eigenvalue weighted by atomic mass is 19.2. The van der Waals surface area contributed by atoms with Gasteiger partial charge in [0.1, 0.15) is 0 Å². The lowest BCUT2D eigenvalue weighted by Crippen LogP contribution is -2.35. The van der Waals surface area contributed by atoms with E-state index in [1.165, 1.54) is 6.92 Å². The van der Waals surface area contributed by atoms with E-state index >= 15 is 0 Å². The molecular formula is C12H15F3N2. The van der Waals surface area contributed by atoms with Crippen molar-refractivity contribution in [3.8, 4) is 0 Å². The van der Waals surface area contributed by atoms with Crippen molar-refractivity contribution < 1.29 is 13.2 Å². The second kappa shape index (κ2) is 4.96. The molecule has 0 amide bonds. The molecule has 0 spiro atoms. The van der Waals surface area contributed by atoms with E-state index < -0.39 is 17.5 Å². The number of benzene rings is 1. The molecule has 94 valence electrons. The smallest absolute Gasteiger partial charge is 0.164 e. The Morgan fingerprint density at radius 2 is 1.82 bits per heavy atom. The summed E-state index contributed by atoms with van der Waals surface area (Å²) in [5.74, 6) is -2.83. The van der Waals surface area contributed by atoms with Gasteiger partial charge in [-0.1, -0.05) is 0 Å². The van der Waals surface area contributed by atoms with Gasteiger partial charge in [0, 0.05) is 17.7 Å². The van der Waals surface area contributed by atoms with E-state index in [1.54, 1.807) is 0 Å². The van der Waals surface area contributed by atoms with Gasteiger partial charge in [0.25, 0.3) is 0 Å². The van der Waals surface area contributed by atoms with Crippen LogP contribution in [0.4, 0.5) is 18.9 Å². The van der Waals surface area contributed by atoms with Crippen molar-refractivity contribution in [1.82, 2.24) is 5.32 Å². The van der Waals surface area contributed by atoms with Crippen molar-refractivity contribution >= 4 is 5.69 Å². The average molecular weight is 244 g/mol. The molecule has 1 aromatic carbocycles. The SMILES string of the molecule is Cc1c(F)c(F)cc(NC2CCNCC2)c1F. The zero-order valence-electron chi connectivity index (χ0n) is 9.62. The maximum Gasteiger partial charge on any atom is 0.164 e. The molecule has 1 aromatic rings. The molecule has 0 aromatic heterocycles. The predicted octanol–water partition coefficient (Wildman–Crippen LogP) is 2.58. The minimum atomic E-state index is -1.11. The van der Waals surface area contributed by atoms with Crippen molar-refractivity contribution in [2.24, 2.45) is 0 Å². The van der Waals surface area contributed by atoms with Gasteiger partial charge in [0.2, 0.25) is 0 Å². The summed E-state index contributed by atoms with van der Waals surface area (Å²) in [7, 11) is 0. The second-order valence-electron chi connectivity index (χ2n) is 4.33. The largest absolute Gasteiger partial charge is 0.380 e. The lowest BCUT2D eigenvalue weighted by Gasteiger charge is -2.25. The number of piperidine rings is 1. The van der Waals surface area contributed by atoms with Crippen molar-refractivity contribution in [3.05, 3.63) is 29.1 Å². The van der Waals surface area contributed by atoms with Crippen molar-refractivity contribution in [2.75, 3.05) is 18.4 Å². The molecule has 0 unspecified atom stereocenters. The number of halogens is 3. The van der Waals surface area contributed by atoms with Crippen LogP contribution in [0.2, 0.25) is 0 Å². The van der Waals surface area contributed by atoms with Crippen molar-refractivity contribution in [1.29, 1.82) is 0 Å². The maximum absolute atomic E-state index is 13.7. The molecular weight excluding hydrogens is 229 g/mol. The summed E-state index contributed by atoms with van der Waals surface area (Å²) < 4.78 is 40.0. The fourth-order valence-electron chi connectivity index (χ4n) is 2.02. The lowest BCUT2D eigenvalue weighted by molar-refractivity contribution is 0.469. The van der Waals surface area contributed by atoms with Crippen LogP contribution < -0.4 is 10.6 Å².